The van der Waals surface area contributed by atoms with Crippen molar-refractivity contribution in [3.05, 3.63) is 60.2 Å². The van der Waals surface area contributed by atoms with E-state index in [4.69, 9.17) is 0 Å². The summed E-state index contributed by atoms with van der Waals surface area (Å²) in [6.45, 7) is 0. The van der Waals surface area contributed by atoms with Crippen molar-refractivity contribution in [2.45, 2.75) is 0 Å². The van der Waals surface area contributed by atoms with E-state index in [0.717, 1.165) is 22.5 Å². The van der Waals surface area contributed by atoms with E-state index in [2.05, 4.69) is 44.2 Å². The summed E-state index contributed by atoms with van der Waals surface area (Å²) in [5, 5.41) is 2.06. The van der Waals surface area contributed by atoms with Crippen LogP contribution in [0.3, 0.4) is 0 Å². The van der Waals surface area contributed by atoms with Crippen molar-refractivity contribution in [3.8, 4) is 16.4 Å². The summed E-state index contributed by atoms with van der Waals surface area (Å²) in [4.78, 5) is 9.17. The number of hydrogen-bond donors (Lipinski definition) is 1. The molecule has 92 valence electrons. The van der Waals surface area contributed by atoms with Gasteiger partial charge < -0.3 is 9.55 Å². The fraction of sp³-hybridized carbons (Fsp3) is 0. The number of hydrogen-bond acceptors (Lipinski definition) is 2. The molecule has 0 spiro atoms. The van der Waals surface area contributed by atoms with E-state index in [1.165, 1.54) is 4.88 Å². The molecule has 3 aromatic heterocycles. The second kappa shape index (κ2) is 4.10. The second-order valence-corrected chi connectivity index (χ2v) is 5.30. The molecule has 1 aromatic carbocycles. The molecule has 0 aliphatic carbocycles. The van der Waals surface area contributed by atoms with Crippen LogP contribution in [-0.2, 0) is 0 Å². The quantitative estimate of drug-likeness (QED) is 0.582. The van der Waals surface area contributed by atoms with Crippen LogP contribution in [0.1, 0.15) is 0 Å². The van der Waals surface area contributed by atoms with E-state index in [1.807, 2.05) is 30.6 Å². The first-order valence-electron chi connectivity index (χ1n) is 6.07. The van der Waals surface area contributed by atoms with Crippen molar-refractivity contribution >= 4 is 22.4 Å². The van der Waals surface area contributed by atoms with Crippen molar-refractivity contribution in [2.24, 2.45) is 0 Å². The normalized spacial score (nSPS) is 11.2. The maximum Gasteiger partial charge on any atom is 0.148 e. The number of aromatic amines is 1. The van der Waals surface area contributed by atoms with Gasteiger partial charge in [0.25, 0.3) is 0 Å². The van der Waals surface area contributed by atoms with Crippen LogP contribution in [0.15, 0.2) is 60.2 Å². The molecule has 0 fully saturated rings. The number of rotatable bonds is 2. The molecule has 0 amide bonds. The molecule has 0 saturated heterocycles. The Balaban J connectivity index is 1.86. The molecule has 1 N–H and O–H groups in total. The Morgan fingerprint density at radius 3 is 2.74 bits per heavy atom. The zero-order chi connectivity index (χ0) is 12.7. The lowest BCUT2D eigenvalue weighted by Crippen LogP contribution is -1.88. The highest BCUT2D eigenvalue weighted by Crippen LogP contribution is 2.25. The van der Waals surface area contributed by atoms with Crippen molar-refractivity contribution in [2.75, 3.05) is 0 Å². The van der Waals surface area contributed by atoms with Crippen LogP contribution < -0.4 is 0 Å². The van der Waals surface area contributed by atoms with Crippen molar-refractivity contribution in [1.29, 1.82) is 0 Å². The number of nitrogens with zero attached hydrogens (tertiary/aromatic N) is 2. The number of aromatic nitrogens is 3. The molecule has 4 heteroatoms. The first-order chi connectivity index (χ1) is 9.40. The largest absolute Gasteiger partial charge is 0.337 e. The Kier molecular flexibility index (Phi) is 2.28. The first-order valence-corrected chi connectivity index (χ1v) is 6.95. The third-order valence-electron chi connectivity index (χ3n) is 3.12. The highest BCUT2D eigenvalue weighted by molar-refractivity contribution is 7.13. The molecule has 3 nitrogen and oxygen atoms in total. The van der Waals surface area contributed by atoms with E-state index in [9.17, 15) is 0 Å². The second-order valence-electron chi connectivity index (χ2n) is 4.35. The zero-order valence-corrected chi connectivity index (χ0v) is 10.9. The topological polar surface area (TPSA) is 33.6 Å². The molecule has 0 aliphatic rings. The van der Waals surface area contributed by atoms with Gasteiger partial charge in [-0.25, -0.2) is 4.98 Å². The molecular weight excluding hydrogens is 254 g/mol. The third-order valence-corrected chi connectivity index (χ3v) is 4.00. The predicted octanol–water partition coefficient (Wildman–Crippen LogP) is 4.08. The number of H-pyrrole nitrogens is 1. The van der Waals surface area contributed by atoms with Gasteiger partial charge in [-0.1, -0.05) is 6.07 Å². The predicted molar refractivity (Wildman–Crippen MR) is 78.7 cm³/mol. The fourth-order valence-corrected chi connectivity index (χ4v) is 2.86. The van der Waals surface area contributed by atoms with Gasteiger partial charge in [-0.05, 0) is 41.8 Å². The average molecular weight is 265 g/mol. The van der Waals surface area contributed by atoms with Gasteiger partial charge in [0.05, 0.1) is 15.9 Å². The van der Waals surface area contributed by atoms with Crippen LogP contribution in [0.25, 0.3) is 27.4 Å². The van der Waals surface area contributed by atoms with Gasteiger partial charge in [-0.15, -0.1) is 11.3 Å². The summed E-state index contributed by atoms with van der Waals surface area (Å²) in [6, 6.07) is 14.4. The van der Waals surface area contributed by atoms with E-state index < -0.39 is 0 Å². The van der Waals surface area contributed by atoms with Crippen LogP contribution in [0, 0.1) is 0 Å². The van der Waals surface area contributed by atoms with Crippen LogP contribution >= 0.6 is 11.3 Å². The van der Waals surface area contributed by atoms with Crippen molar-refractivity contribution in [1.82, 2.24) is 14.5 Å². The number of thiophene rings is 1. The minimum atomic E-state index is 0.939. The number of benzene rings is 1. The minimum absolute atomic E-state index is 0.939. The Morgan fingerprint density at radius 2 is 1.95 bits per heavy atom. The number of nitrogens with one attached hydrogen (secondary N) is 1. The van der Waals surface area contributed by atoms with Crippen LogP contribution in [-0.4, -0.2) is 14.5 Å². The van der Waals surface area contributed by atoms with Gasteiger partial charge in [-0.3, -0.25) is 0 Å². The Bertz CT molecular complexity index is 778. The average Bonchev–Trinajstić information content (AvgIpc) is 3.18. The lowest BCUT2D eigenvalue weighted by molar-refractivity contribution is 1.08. The summed E-state index contributed by atoms with van der Waals surface area (Å²) in [6.07, 6.45) is 4.08. The number of imidazole rings is 1. The molecule has 19 heavy (non-hydrogen) atoms. The van der Waals surface area contributed by atoms with Gasteiger partial charge in [-0.2, -0.15) is 0 Å². The lowest BCUT2D eigenvalue weighted by Gasteiger charge is -2.01. The summed E-state index contributed by atoms with van der Waals surface area (Å²) in [5.41, 5.74) is 3.20. The Morgan fingerprint density at radius 1 is 1.05 bits per heavy atom. The molecule has 0 atom stereocenters. The molecule has 0 saturated carbocycles. The van der Waals surface area contributed by atoms with Gasteiger partial charge in [0.2, 0.25) is 0 Å². The van der Waals surface area contributed by atoms with E-state index in [-0.39, 0.29) is 0 Å². The summed E-state index contributed by atoms with van der Waals surface area (Å²) in [5.74, 6) is 0.939. The highest BCUT2D eigenvalue weighted by Gasteiger charge is 2.06. The molecule has 4 rings (SSSR count). The van der Waals surface area contributed by atoms with Gasteiger partial charge in [0.1, 0.15) is 5.82 Å². The molecule has 0 radical (unpaired) electrons. The first kappa shape index (κ1) is 10.6. The van der Waals surface area contributed by atoms with Crippen molar-refractivity contribution in [3.63, 3.8) is 0 Å². The molecule has 4 aromatic rings. The number of fused-ring (bicyclic) bond motifs is 1. The van der Waals surface area contributed by atoms with Crippen LogP contribution in [0.5, 0.6) is 0 Å². The van der Waals surface area contributed by atoms with Crippen LogP contribution in [0.2, 0.25) is 0 Å². The molecule has 3 heterocycles. The van der Waals surface area contributed by atoms with Gasteiger partial charge in [0, 0.05) is 18.1 Å². The highest BCUT2D eigenvalue weighted by atomic mass is 32.1. The monoisotopic (exact) mass is 265 g/mol. The maximum atomic E-state index is 4.62. The third kappa shape index (κ3) is 1.77. The summed E-state index contributed by atoms with van der Waals surface area (Å²) >= 11 is 1.69. The Hall–Kier alpha value is -2.33. The van der Waals surface area contributed by atoms with E-state index in [1.54, 1.807) is 11.3 Å². The van der Waals surface area contributed by atoms with E-state index in [0.29, 0.717) is 0 Å². The van der Waals surface area contributed by atoms with Gasteiger partial charge in [0.15, 0.2) is 0 Å². The van der Waals surface area contributed by atoms with Gasteiger partial charge >= 0.3 is 0 Å². The maximum absolute atomic E-state index is 4.62. The Labute approximate surface area is 114 Å². The fourth-order valence-electron chi connectivity index (χ4n) is 2.19. The summed E-state index contributed by atoms with van der Waals surface area (Å²) in [7, 11) is 0. The molecule has 0 unspecified atom stereocenters. The van der Waals surface area contributed by atoms with E-state index >= 15 is 0 Å². The molecular formula is C15H11N3S. The SMILES string of the molecule is c1csc(-c2nc3ccc(-n4cccc4)cc3[nH]2)c1. The lowest BCUT2D eigenvalue weighted by atomic mass is 10.3. The smallest absolute Gasteiger partial charge is 0.148 e. The minimum Gasteiger partial charge on any atom is -0.337 e. The zero-order valence-electron chi connectivity index (χ0n) is 10.1. The molecule has 0 bridgehead atoms. The summed E-state index contributed by atoms with van der Waals surface area (Å²) < 4.78 is 2.09. The van der Waals surface area contributed by atoms with Crippen LogP contribution in [0.4, 0.5) is 0 Å². The molecule has 0 aliphatic heterocycles. The van der Waals surface area contributed by atoms with Crippen molar-refractivity contribution < 1.29 is 0 Å². The standard InChI is InChI=1S/C15H11N3S/c1-2-8-18(7-1)11-5-6-12-13(10-11)17-15(16-12)14-4-3-9-19-14/h1-10H,(H,16,17).